The number of hydrogen-bond acceptors (Lipinski definition) is 3. The second-order valence-electron chi connectivity index (χ2n) is 8.72. The van der Waals surface area contributed by atoms with Crippen molar-refractivity contribution in [1.82, 2.24) is 0 Å². The molecule has 2 aromatic rings. The molecule has 1 N–H and O–H groups in total. The Morgan fingerprint density at radius 1 is 1.03 bits per heavy atom. The molecule has 1 saturated carbocycles. The Morgan fingerprint density at radius 2 is 1.77 bits per heavy atom. The lowest BCUT2D eigenvalue weighted by Crippen LogP contribution is -2.34. The molecule has 0 spiro atoms. The van der Waals surface area contributed by atoms with Crippen LogP contribution in [0, 0.1) is 19.8 Å². The van der Waals surface area contributed by atoms with Crippen LogP contribution in [-0.2, 0) is 15.3 Å². The fraction of sp³-hybridized carbons (Fsp3) is 0.462. The summed E-state index contributed by atoms with van der Waals surface area (Å²) >= 11 is 1.72. The highest BCUT2D eigenvalue weighted by atomic mass is 32.2. The van der Waals surface area contributed by atoms with Crippen molar-refractivity contribution in [1.29, 1.82) is 0 Å². The average molecular weight is 439 g/mol. The summed E-state index contributed by atoms with van der Waals surface area (Å²) in [5.41, 5.74) is 5.53. The number of thioether (sulfide) groups is 1. The number of anilines is 2. The lowest BCUT2D eigenvalue weighted by atomic mass is 9.89. The Labute approximate surface area is 190 Å². The van der Waals surface area contributed by atoms with Crippen LogP contribution in [0.5, 0.6) is 0 Å². The molecule has 5 heteroatoms. The summed E-state index contributed by atoms with van der Waals surface area (Å²) in [5, 5.41) is 2.88. The van der Waals surface area contributed by atoms with E-state index in [1.165, 1.54) is 55.7 Å². The molecule has 1 fully saturated rings. The number of carbonyl (C=O) groups excluding carboxylic acids is 2. The summed E-state index contributed by atoms with van der Waals surface area (Å²) in [6, 6.07) is 12.4. The number of rotatable bonds is 7. The van der Waals surface area contributed by atoms with Crippen LogP contribution in [0.2, 0.25) is 0 Å². The van der Waals surface area contributed by atoms with Crippen LogP contribution in [0.4, 0.5) is 11.4 Å². The highest BCUT2D eigenvalue weighted by Gasteiger charge is 2.22. The highest BCUT2D eigenvalue weighted by molar-refractivity contribution is 7.98. The molecule has 0 heterocycles. The van der Waals surface area contributed by atoms with E-state index in [0.717, 1.165) is 28.6 Å². The molecule has 2 amide bonds. The Balaban J connectivity index is 1.89. The van der Waals surface area contributed by atoms with Crippen molar-refractivity contribution < 1.29 is 9.59 Å². The van der Waals surface area contributed by atoms with Crippen LogP contribution < -0.4 is 10.2 Å². The van der Waals surface area contributed by atoms with E-state index < -0.39 is 0 Å². The van der Waals surface area contributed by atoms with Gasteiger partial charge in [0.05, 0.1) is 5.69 Å². The standard InChI is InChI=1S/C26H34N2O2S/c1-18-10-11-23(19(2)14-18)17-31-26-15-24(27-20(3)29)12-13-25(26)28(21(4)30)16-22-8-6-5-7-9-22/h10-15,22H,5-9,16-17H2,1-4H3,(H,27,29). The van der Waals surface area contributed by atoms with Gasteiger partial charge >= 0.3 is 0 Å². The van der Waals surface area contributed by atoms with Crippen LogP contribution in [0.1, 0.15) is 62.6 Å². The first-order valence-corrected chi connectivity index (χ1v) is 12.2. The summed E-state index contributed by atoms with van der Waals surface area (Å²) in [5.74, 6) is 1.36. The molecule has 166 valence electrons. The van der Waals surface area contributed by atoms with Gasteiger partial charge in [-0.1, -0.05) is 43.0 Å². The molecule has 4 nitrogen and oxygen atoms in total. The first-order valence-electron chi connectivity index (χ1n) is 11.2. The molecule has 2 aromatic carbocycles. The van der Waals surface area contributed by atoms with Crippen molar-refractivity contribution in [3.8, 4) is 0 Å². The van der Waals surface area contributed by atoms with Gasteiger partial charge in [0.2, 0.25) is 11.8 Å². The zero-order valence-corrected chi connectivity index (χ0v) is 20.0. The molecule has 1 aliphatic carbocycles. The Morgan fingerprint density at radius 3 is 2.42 bits per heavy atom. The van der Waals surface area contributed by atoms with Crippen molar-refractivity contribution in [2.75, 3.05) is 16.8 Å². The number of nitrogens with zero attached hydrogens (tertiary/aromatic N) is 1. The average Bonchev–Trinajstić information content (AvgIpc) is 2.72. The molecular weight excluding hydrogens is 404 g/mol. The molecule has 31 heavy (non-hydrogen) atoms. The highest BCUT2D eigenvalue weighted by Crippen LogP contribution is 2.37. The maximum absolute atomic E-state index is 12.6. The van der Waals surface area contributed by atoms with Crippen LogP contribution in [0.15, 0.2) is 41.3 Å². The predicted octanol–water partition coefficient (Wildman–Crippen LogP) is 6.49. The van der Waals surface area contributed by atoms with Gasteiger partial charge in [-0.15, -0.1) is 11.8 Å². The minimum Gasteiger partial charge on any atom is -0.326 e. The minimum absolute atomic E-state index is 0.0752. The molecule has 0 unspecified atom stereocenters. The number of amides is 2. The lowest BCUT2D eigenvalue weighted by molar-refractivity contribution is -0.117. The van der Waals surface area contributed by atoms with E-state index in [1.54, 1.807) is 18.7 Å². The van der Waals surface area contributed by atoms with E-state index in [2.05, 4.69) is 37.4 Å². The molecule has 0 aliphatic heterocycles. The van der Waals surface area contributed by atoms with Gasteiger partial charge in [0, 0.05) is 36.7 Å². The fourth-order valence-electron chi connectivity index (χ4n) is 4.32. The van der Waals surface area contributed by atoms with E-state index in [0.29, 0.717) is 5.92 Å². The van der Waals surface area contributed by atoms with Crippen LogP contribution in [0.3, 0.4) is 0 Å². The monoisotopic (exact) mass is 438 g/mol. The molecule has 0 atom stereocenters. The molecule has 0 radical (unpaired) electrons. The van der Waals surface area contributed by atoms with E-state index in [9.17, 15) is 9.59 Å². The third-order valence-corrected chi connectivity index (χ3v) is 7.09. The van der Waals surface area contributed by atoms with Crippen LogP contribution in [0.25, 0.3) is 0 Å². The van der Waals surface area contributed by atoms with Gasteiger partial charge in [-0.3, -0.25) is 9.59 Å². The van der Waals surface area contributed by atoms with E-state index in [-0.39, 0.29) is 11.8 Å². The molecule has 0 aromatic heterocycles. The Kier molecular flexibility index (Phi) is 8.19. The molecular formula is C26H34N2O2S. The van der Waals surface area contributed by atoms with Gasteiger partial charge < -0.3 is 10.2 Å². The summed E-state index contributed by atoms with van der Waals surface area (Å²) in [6.45, 7) is 8.19. The summed E-state index contributed by atoms with van der Waals surface area (Å²) in [6.07, 6.45) is 6.20. The van der Waals surface area contributed by atoms with E-state index >= 15 is 0 Å². The number of benzene rings is 2. The van der Waals surface area contributed by atoms with Gasteiger partial charge in [-0.05, 0) is 61.9 Å². The largest absolute Gasteiger partial charge is 0.326 e. The summed E-state index contributed by atoms with van der Waals surface area (Å²) < 4.78 is 0. The second-order valence-corrected chi connectivity index (χ2v) is 9.73. The molecule has 0 saturated heterocycles. The SMILES string of the molecule is CC(=O)Nc1ccc(N(CC2CCCCC2)C(C)=O)c(SCc2ccc(C)cc2C)c1. The van der Waals surface area contributed by atoms with E-state index in [4.69, 9.17) is 0 Å². The molecule has 1 aliphatic rings. The van der Waals surface area contributed by atoms with Crippen molar-refractivity contribution in [3.63, 3.8) is 0 Å². The van der Waals surface area contributed by atoms with E-state index in [1.807, 2.05) is 23.1 Å². The number of aryl methyl sites for hydroxylation is 2. The van der Waals surface area contributed by atoms with Crippen molar-refractivity contribution >= 4 is 35.0 Å². The lowest BCUT2D eigenvalue weighted by Gasteiger charge is -2.30. The van der Waals surface area contributed by atoms with Crippen molar-refractivity contribution in [2.24, 2.45) is 5.92 Å². The third-order valence-electron chi connectivity index (χ3n) is 6.00. The van der Waals surface area contributed by atoms with Gasteiger partial charge in [-0.2, -0.15) is 0 Å². The Bertz CT molecular complexity index is 935. The Hall–Kier alpha value is -2.27. The number of nitrogens with one attached hydrogen (secondary N) is 1. The molecule has 3 rings (SSSR count). The van der Waals surface area contributed by atoms with Gasteiger partial charge in [0.25, 0.3) is 0 Å². The topological polar surface area (TPSA) is 49.4 Å². The first kappa shape index (κ1) is 23.4. The van der Waals surface area contributed by atoms with Gasteiger partial charge in [0.1, 0.15) is 0 Å². The summed E-state index contributed by atoms with van der Waals surface area (Å²) in [4.78, 5) is 27.2. The first-order chi connectivity index (χ1) is 14.8. The maximum Gasteiger partial charge on any atom is 0.223 e. The quantitative estimate of drug-likeness (QED) is 0.503. The fourth-order valence-corrected chi connectivity index (χ4v) is 5.49. The smallest absolute Gasteiger partial charge is 0.223 e. The van der Waals surface area contributed by atoms with Crippen molar-refractivity contribution in [3.05, 3.63) is 53.1 Å². The minimum atomic E-state index is -0.0938. The number of hydrogen-bond donors (Lipinski definition) is 1. The third kappa shape index (κ3) is 6.60. The predicted molar refractivity (Wildman–Crippen MR) is 131 cm³/mol. The molecule has 0 bridgehead atoms. The number of carbonyl (C=O) groups is 2. The van der Waals surface area contributed by atoms with Gasteiger partial charge in [-0.25, -0.2) is 0 Å². The summed E-state index contributed by atoms with van der Waals surface area (Å²) in [7, 11) is 0. The second kappa shape index (κ2) is 10.9. The van der Waals surface area contributed by atoms with Crippen LogP contribution in [-0.4, -0.2) is 18.4 Å². The van der Waals surface area contributed by atoms with Crippen molar-refractivity contribution in [2.45, 2.75) is 70.4 Å². The van der Waals surface area contributed by atoms with Gasteiger partial charge in [0.15, 0.2) is 0 Å². The zero-order valence-electron chi connectivity index (χ0n) is 19.2. The maximum atomic E-state index is 12.6. The van der Waals surface area contributed by atoms with Crippen LogP contribution >= 0.6 is 11.8 Å². The zero-order chi connectivity index (χ0) is 22.4. The normalized spacial score (nSPS) is 14.3.